The van der Waals surface area contributed by atoms with Gasteiger partial charge in [0.15, 0.2) is 0 Å². The van der Waals surface area contributed by atoms with Gasteiger partial charge in [0.05, 0.1) is 0 Å². The summed E-state index contributed by atoms with van der Waals surface area (Å²) in [5.74, 6) is 1.27. The Kier molecular flexibility index (Phi) is 3.70. The van der Waals surface area contributed by atoms with Crippen molar-refractivity contribution in [1.29, 1.82) is 0 Å². The van der Waals surface area contributed by atoms with Gasteiger partial charge < -0.3 is 5.32 Å². The van der Waals surface area contributed by atoms with E-state index in [0.29, 0.717) is 12.0 Å². The quantitative estimate of drug-likeness (QED) is 0.802. The SMILES string of the molecule is Cc1cc(F)cc(NC2CCCC(C)C2C)c1. The lowest BCUT2D eigenvalue weighted by Crippen LogP contribution is -2.35. The Morgan fingerprint density at radius 1 is 1.18 bits per heavy atom. The maximum absolute atomic E-state index is 13.3. The largest absolute Gasteiger partial charge is 0.382 e. The minimum atomic E-state index is -0.149. The molecule has 0 amide bonds. The molecule has 1 aromatic rings. The second-order valence-corrected chi connectivity index (χ2v) is 5.54. The van der Waals surface area contributed by atoms with E-state index in [2.05, 4.69) is 19.2 Å². The standard InChI is InChI=1S/C15H22FN/c1-10-7-13(16)9-14(8-10)17-15-6-4-5-11(2)12(15)3/h7-9,11-12,15,17H,4-6H2,1-3H3. The molecule has 1 nitrogen and oxygen atoms in total. The Morgan fingerprint density at radius 3 is 2.65 bits per heavy atom. The van der Waals surface area contributed by atoms with Crippen LogP contribution in [0.5, 0.6) is 0 Å². The number of rotatable bonds is 2. The molecule has 0 radical (unpaired) electrons. The Bertz CT molecular complexity index is 368. The summed E-state index contributed by atoms with van der Waals surface area (Å²) >= 11 is 0. The number of hydrogen-bond acceptors (Lipinski definition) is 1. The third-order valence-corrected chi connectivity index (χ3v) is 4.10. The van der Waals surface area contributed by atoms with Crippen molar-refractivity contribution in [1.82, 2.24) is 0 Å². The summed E-state index contributed by atoms with van der Waals surface area (Å²) in [7, 11) is 0. The van der Waals surface area contributed by atoms with E-state index in [1.807, 2.05) is 13.0 Å². The van der Waals surface area contributed by atoms with E-state index >= 15 is 0 Å². The van der Waals surface area contributed by atoms with Gasteiger partial charge in [-0.15, -0.1) is 0 Å². The number of halogens is 1. The van der Waals surface area contributed by atoms with Crippen molar-refractivity contribution in [2.24, 2.45) is 11.8 Å². The van der Waals surface area contributed by atoms with E-state index in [9.17, 15) is 4.39 Å². The normalized spacial score (nSPS) is 29.1. The van der Waals surface area contributed by atoms with Gasteiger partial charge in [0.2, 0.25) is 0 Å². The average molecular weight is 235 g/mol. The van der Waals surface area contributed by atoms with E-state index in [0.717, 1.165) is 17.2 Å². The Morgan fingerprint density at radius 2 is 1.94 bits per heavy atom. The number of aryl methyl sites for hydroxylation is 1. The van der Waals surface area contributed by atoms with Gasteiger partial charge in [0.25, 0.3) is 0 Å². The van der Waals surface area contributed by atoms with Gasteiger partial charge in [-0.05, 0) is 48.9 Å². The molecule has 94 valence electrons. The number of nitrogens with one attached hydrogen (secondary N) is 1. The molecule has 3 unspecified atom stereocenters. The van der Waals surface area contributed by atoms with E-state index in [4.69, 9.17) is 0 Å². The van der Waals surface area contributed by atoms with E-state index in [1.54, 1.807) is 12.1 Å². The maximum Gasteiger partial charge on any atom is 0.125 e. The Hall–Kier alpha value is -1.05. The van der Waals surface area contributed by atoms with Crippen LogP contribution in [0.1, 0.15) is 38.7 Å². The molecular weight excluding hydrogens is 213 g/mol. The molecule has 1 fully saturated rings. The fourth-order valence-electron chi connectivity index (χ4n) is 2.82. The second kappa shape index (κ2) is 5.07. The van der Waals surface area contributed by atoms with Crippen LogP contribution in [0.4, 0.5) is 10.1 Å². The van der Waals surface area contributed by atoms with Gasteiger partial charge in [0, 0.05) is 11.7 Å². The zero-order chi connectivity index (χ0) is 12.4. The van der Waals surface area contributed by atoms with Crippen LogP contribution in [0.15, 0.2) is 18.2 Å². The lowest BCUT2D eigenvalue weighted by molar-refractivity contribution is 0.253. The minimum absolute atomic E-state index is 0.149. The monoisotopic (exact) mass is 235 g/mol. The third-order valence-electron chi connectivity index (χ3n) is 4.10. The number of hydrogen-bond donors (Lipinski definition) is 1. The van der Waals surface area contributed by atoms with Crippen molar-refractivity contribution < 1.29 is 4.39 Å². The lowest BCUT2D eigenvalue weighted by atomic mass is 9.78. The molecule has 1 N–H and O–H groups in total. The first-order valence-electron chi connectivity index (χ1n) is 6.60. The molecule has 0 spiro atoms. The van der Waals surface area contributed by atoms with Crippen LogP contribution in [0, 0.1) is 24.6 Å². The predicted octanol–water partition coefficient (Wildman–Crippen LogP) is 4.37. The smallest absolute Gasteiger partial charge is 0.125 e. The van der Waals surface area contributed by atoms with Gasteiger partial charge in [-0.3, -0.25) is 0 Å². The topological polar surface area (TPSA) is 12.0 Å². The average Bonchev–Trinajstić information content (AvgIpc) is 2.23. The van der Waals surface area contributed by atoms with Crippen molar-refractivity contribution in [2.75, 3.05) is 5.32 Å². The summed E-state index contributed by atoms with van der Waals surface area (Å²) in [6.45, 7) is 6.55. The van der Waals surface area contributed by atoms with Crippen molar-refractivity contribution in [3.05, 3.63) is 29.6 Å². The first-order chi connectivity index (χ1) is 8.06. The van der Waals surface area contributed by atoms with Gasteiger partial charge in [-0.2, -0.15) is 0 Å². The highest BCUT2D eigenvalue weighted by Crippen LogP contribution is 2.31. The van der Waals surface area contributed by atoms with Gasteiger partial charge in [-0.25, -0.2) is 4.39 Å². The van der Waals surface area contributed by atoms with Crippen molar-refractivity contribution in [3.8, 4) is 0 Å². The van der Waals surface area contributed by atoms with Gasteiger partial charge >= 0.3 is 0 Å². The highest BCUT2D eigenvalue weighted by molar-refractivity contribution is 5.47. The molecule has 1 saturated carbocycles. The van der Waals surface area contributed by atoms with Crippen LogP contribution in [-0.4, -0.2) is 6.04 Å². The summed E-state index contributed by atoms with van der Waals surface area (Å²) in [4.78, 5) is 0. The van der Waals surface area contributed by atoms with Crippen LogP contribution in [0.2, 0.25) is 0 Å². The second-order valence-electron chi connectivity index (χ2n) is 5.54. The summed E-state index contributed by atoms with van der Waals surface area (Å²) in [5, 5.41) is 3.50. The van der Waals surface area contributed by atoms with Gasteiger partial charge in [0.1, 0.15) is 5.82 Å². The van der Waals surface area contributed by atoms with Crippen molar-refractivity contribution in [3.63, 3.8) is 0 Å². The molecule has 0 saturated heterocycles. The number of anilines is 1. The Labute approximate surface area is 103 Å². The molecule has 1 aromatic carbocycles. The molecule has 1 aliphatic carbocycles. The Balaban J connectivity index is 2.09. The third kappa shape index (κ3) is 2.99. The molecule has 0 aliphatic heterocycles. The van der Waals surface area contributed by atoms with Crippen molar-refractivity contribution >= 4 is 5.69 Å². The first-order valence-corrected chi connectivity index (χ1v) is 6.60. The molecular formula is C15H22FN. The van der Waals surface area contributed by atoms with Crippen LogP contribution < -0.4 is 5.32 Å². The van der Waals surface area contributed by atoms with Crippen molar-refractivity contribution in [2.45, 2.75) is 46.1 Å². The molecule has 2 rings (SSSR count). The van der Waals surface area contributed by atoms with E-state index in [-0.39, 0.29) is 5.82 Å². The predicted molar refractivity (Wildman–Crippen MR) is 70.7 cm³/mol. The number of benzene rings is 1. The van der Waals surface area contributed by atoms with Crippen LogP contribution in [0.25, 0.3) is 0 Å². The fourth-order valence-corrected chi connectivity index (χ4v) is 2.82. The van der Waals surface area contributed by atoms with Gasteiger partial charge in [-0.1, -0.05) is 26.7 Å². The highest BCUT2D eigenvalue weighted by atomic mass is 19.1. The zero-order valence-electron chi connectivity index (χ0n) is 11.0. The summed E-state index contributed by atoms with van der Waals surface area (Å²) < 4.78 is 13.3. The fraction of sp³-hybridized carbons (Fsp3) is 0.600. The van der Waals surface area contributed by atoms with Crippen LogP contribution in [0.3, 0.4) is 0 Å². The summed E-state index contributed by atoms with van der Waals surface area (Å²) in [6.07, 6.45) is 3.79. The molecule has 0 bridgehead atoms. The molecule has 2 heteroatoms. The molecule has 0 heterocycles. The zero-order valence-corrected chi connectivity index (χ0v) is 11.0. The molecule has 17 heavy (non-hydrogen) atoms. The first kappa shape index (κ1) is 12.4. The molecule has 0 aromatic heterocycles. The summed E-state index contributed by atoms with van der Waals surface area (Å²) in [6, 6.07) is 5.67. The van der Waals surface area contributed by atoms with E-state index < -0.39 is 0 Å². The molecule has 3 atom stereocenters. The highest BCUT2D eigenvalue weighted by Gasteiger charge is 2.26. The maximum atomic E-state index is 13.3. The van der Waals surface area contributed by atoms with E-state index in [1.165, 1.54) is 19.3 Å². The minimum Gasteiger partial charge on any atom is -0.382 e. The van der Waals surface area contributed by atoms with Crippen LogP contribution in [-0.2, 0) is 0 Å². The van der Waals surface area contributed by atoms with Crippen LogP contribution >= 0.6 is 0 Å². The molecule has 1 aliphatic rings. The summed E-state index contributed by atoms with van der Waals surface area (Å²) in [5.41, 5.74) is 1.90. The lowest BCUT2D eigenvalue weighted by Gasteiger charge is -2.35.